The number of benzene rings is 2. The molecule has 2 aromatic carbocycles. The zero-order chi connectivity index (χ0) is 17.2. The van der Waals surface area contributed by atoms with E-state index in [-0.39, 0.29) is 5.82 Å². The number of fused-ring (bicyclic) bond motifs is 1. The Morgan fingerprint density at radius 2 is 1.76 bits per heavy atom. The monoisotopic (exact) mass is 338 g/mol. The molecule has 1 heterocycles. The highest BCUT2D eigenvalue weighted by Gasteiger charge is 2.20. The number of nitrogens with two attached hydrogens (primary N) is 1. The lowest BCUT2D eigenvalue weighted by molar-refractivity contribution is 0.409. The molecule has 3 aromatic rings. The number of nitrogens with zero attached hydrogens (tertiary/aromatic N) is 2. The number of aromatic nitrogens is 2. The summed E-state index contributed by atoms with van der Waals surface area (Å²) in [5.74, 6) is 0.669. The van der Waals surface area contributed by atoms with Crippen molar-refractivity contribution < 1.29 is 4.39 Å². The molecule has 0 amide bonds. The molecule has 0 saturated heterocycles. The highest BCUT2D eigenvalue weighted by Crippen LogP contribution is 2.25. The zero-order valence-electron chi connectivity index (χ0n) is 14.2. The predicted molar refractivity (Wildman–Crippen MR) is 99.1 cm³/mol. The molecule has 1 saturated carbocycles. The summed E-state index contributed by atoms with van der Waals surface area (Å²) in [4.78, 5) is 4.79. The molecule has 0 radical (unpaired) electrons. The molecule has 130 valence electrons. The Labute approximate surface area is 146 Å². The van der Waals surface area contributed by atoms with E-state index in [9.17, 15) is 4.39 Å². The van der Waals surface area contributed by atoms with Crippen LogP contribution in [0.5, 0.6) is 0 Å². The number of hydrogen-bond donors (Lipinski definition) is 2. The van der Waals surface area contributed by atoms with Gasteiger partial charge in [-0.2, -0.15) is 0 Å². The number of imidazole rings is 1. The smallest absolute Gasteiger partial charge is 0.204 e. The number of rotatable bonds is 4. The van der Waals surface area contributed by atoms with Crippen molar-refractivity contribution in [2.45, 2.75) is 44.3 Å². The van der Waals surface area contributed by atoms with Gasteiger partial charge in [-0.15, -0.1) is 0 Å². The van der Waals surface area contributed by atoms with Crippen molar-refractivity contribution in [3.05, 3.63) is 59.9 Å². The normalized spacial score (nSPS) is 20.7. The Balaban J connectivity index is 1.64. The Kier molecular flexibility index (Phi) is 4.40. The van der Waals surface area contributed by atoms with Crippen LogP contribution in [0.2, 0.25) is 0 Å². The van der Waals surface area contributed by atoms with Crippen molar-refractivity contribution >= 4 is 17.0 Å². The van der Waals surface area contributed by atoms with Crippen molar-refractivity contribution in [2.24, 2.45) is 5.73 Å². The fourth-order valence-corrected chi connectivity index (χ4v) is 3.56. The first-order valence-corrected chi connectivity index (χ1v) is 8.91. The van der Waals surface area contributed by atoms with Gasteiger partial charge in [0.2, 0.25) is 5.95 Å². The van der Waals surface area contributed by atoms with E-state index < -0.39 is 0 Å². The van der Waals surface area contributed by atoms with E-state index in [1.54, 1.807) is 0 Å². The second kappa shape index (κ2) is 6.84. The Morgan fingerprint density at radius 1 is 1.04 bits per heavy atom. The Hall–Kier alpha value is -2.40. The number of anilines is 1. The van der Waals surface area contributed by atoms with Gasteiger partial charge in [-0.1, -0.05) is 24.3 Å². The van der Waals surface area contributed by atoms with Gasteiger partial charge < -0.3 is 15.6 Å². The summed E-state index contributed by atoms with van der Waals surface area (Å²) >= 11 is 0. The van der Waals surface area contributed by atoms with Crippen LogP contribution in [0.25, 0.3) is 11.0 Å². The lowest BCUT2D eigenvalue weighted by atomic mass is 9.92. The van der Waals surface area contributed by atoms with Gasteiger partial charge in [0.25, 0.3) is 0 Å². The van der Waals surface area contributed by atoms with Gasteiger partial charge in [-0.05, 0) is 55.5 Å². The maximum Gasteiger partial charge on any atom is 0.204 e. The van der Waals surface area contributed by atoms with Crippen LogP contribution in [-0.2, 0) is 6.54 Å². The first-order valence-electron chi connectivity index (χ1n) is 8.91. The van der Waals surface area contributed by atoms with Gasteiger partial charge in [-0.3, -0.25) is 0 Å². The molecule has 0 bridgehead atoms. The van der Waals surface area contributed by atoms with Crippen LogP contribution in [0.15, 0.2) is 48.5 Å². The number of halogens is 1. The molecule has 4 nitrogen and oxygen atoms in total. The largest absolute Gasteiger partial charge is 0.353 e. The van der Waals surface area contributed by atoms with Crippen molar-refractivity contribution in [1.29, 1.82) is 0 Å². The van der Waals surface area contributed by atoms with E-state index >= 15 is 0 Å². The van der Waals surface area contributed by atoms with E-state index in [0.29, 0.717) is 18.6 Å². The molecule has 1 aromatic heterocycles. The third kappa shape index (κ3) is 3.51. The predicted octanol–water partition coefficient (Wildman–Crippen LogP) is 3.91. The van der Waals surface area contributed by atoms with Gasteiger partial charge >= 0.3 is 0 Å². The van der Waals surface area contributed by atoms with E-state index in [1.165, 1.54) is 12.1 Å². The molecular formula is C20H23FN4. The van der Waals surface area contributed by atoms with Gasteiger partial charge in [0, 0.05) is 12.1 Å². The van der Waals surface area contributed by atoms with E-state index in [4.69, 9.17) is 10.7 Å². The van der Waals surface area contributed by atoms with Gasteiger partial charge in [0.05, 0.1) is 17.6 Å². The van der Waals surface area contributed by atoms with Crippen molar-refractivity contribution in [3.63, 3.8) is 0 Å². The van der Waals surface area contributed by atoms with Gasteiger partial charge in [0.15, 0.2) is 0 Å². The molecule has 5 heteroatoms. The summed E-state index contributed by atoms with van der Waals surface area (Å²) in [6.07, 6.45) is 4.24. The minimum atomic E-state index is -0.212. The van der Waals surface area contributed by atoms with Crippen LogP contribution in [0.3, 0.4) is 0 Å². The fraction of sp³-hybridized carbons (Fsp3) is 0.350. The van der Waals surface area contributed by atoms with Gasteiger partial charge in [-0.25, -0.2) is 9.37 Å². The highest BCUT2D eigenvalue weighted by molar-refractivity contribution is 5.78. The van der Waals surface area contributed by atoms with Crippen LogP contribution >= 0.6 is 0 Å². The summed E-state index contributed by atoms with van der Waals surface area (Å²) in [5, 5.41) is 3.61. The van der Waals surface area contributed by atoms with Crippen LogP contribution in [-0.4, -0.2) is 21.6 Å². The molecule has 1 aliphatic rings. The standard InChI is InChI=1S/C20H23FN4/c21-15-7-5-14(6-8-15)13-25-19-4-2-1-3-18(19)24-20(25)23-17-11-9-16(22)10-12-17/h1-8,16-17H,9-13,22H2,(H,23,24). The van der Waals surface area contributed by atoms with Crippen LogP contribution in [0.4, 0.5) is 10.3 Å². The highest BCUT2D eigenvalue weighted by atomic mass is 19.1. The van der Waals surface area contributed by atoms with Gasteiger partial charge in [0.1, 0.15) is 5.82 Å². The van der Waals surface area contributed by atoms with Crippen molar-refractivity contribution in [3.8, 4) is 0 Å². The van der Waals surface area contributed by atoms with E-state index in [2.05, 4.69) is 16.0 Å². The minimum absolute atomic E-state index is 0.212. The summed E-state index contributed by atoms with van der Waals surface area (Å²) in [6.45, 7) is 0.662. The molecule has 0 unspecified atom stereocenters. The molecule has 25 heavy (non-hydrogen) atoms. The third-order valence-electron chi connectivity index (χ3n) is 5.01. The number of nitrogens with one attached hydrogen (secondary N) is 1. The summed E-state index contributed by atoms with van der Waals surface area (Å²) < 4.78 is 15.4. The third-order valence-corrected chi connectivity index (χ3v) is 5.01. The first-order chi connectivity index (χ1) is 12.2. The van der Waals surface area contributed by atoms with Crippen molar-refractivity contribution in [2.75, 3.05) is 5.32 Å². The lowest BCUT2D eigenvalue weighted by Crippen LogP contribution is -2.33. The topological polar surface area (TPSA) is 55.9 Å². The van der Waals surface area contributed by atoms with E-state index in [1.807, 2.05) is 30.3 Å². The van der Waals surface area contributed by atoms with Crippen LogP contribution in [0, 0.1) is 5.82 Å². The first kappa shape index (κ1) is 16.1. The second-order valence-electron chi connectivity index (χ2n) is 6.89. The lowest BCUT2D eigenvalue weighted by Gasteiger charge is -2.27. The molecule has 1 fully saturated rings. The molecule has 0 atom stereocenters. The SMILES string of the molecule is NC1CCC(Nc2nc3ccccc3n2Cc2ccc(F)cc2)CC1. The number of hydrogen-bond acceptors (Lipinski definition) is 3. The average molecular weight is 338 g/mol. The molecule has 0 spiro atoms. The number of para-hydroxylation sites is 2. The molecular weight excluding hydrogens is 315 g/mol. The van der Waals surface area contributed by atoms with Crippen LogP contribution in [0.1, 0.15) is 31.2 Å². The molecule has 0 aliphatic heterocycles. The Bertz CT molecular complexity index is 848. The minimum Gasteiger partial charge on any atom is -0.353 e. The summed E-state index contributed by atoms with van der Waals surface area (Å²) in [6, 6.07) is 15.5. The second-order valence-corrected chi connectivity index (χ2v) is 6.89. The quantitative estimate of drug-likeness (QED) is 0.758. The fourth-order valence-electron chi connectivity index (χ4n) is 3.56. The van der Waals surface area contributed by atoms with Crippen LogP contribution < -0.4 is 11.1 Å². The van der Waals surface area contributed by atoms with E-state index in [0.717, 1.165) is 48.2 Å². The zero-order valence-corrected chi connectivity index (χ0v) is 14.2. The molecule has 1 aliphatic carbocycles. The molecule has 3 N–H and O–H groups in total. The maximum atomic E-state index is 13.2. The van der Waals surface area contributed by atoms with Crippen molar-refractivity contribution in [1.82, 2.24) is 9.55 Å². The Morgan fingerprint density at radius 3 is 2.52 bits per heavy atom. The summed E-state index contributed by atoms with van der Waals surface area (Å²) in [5.41, 5.74) is 9.13. The summed E-state index contributed by atoms with van der Waals surface area (Å²) in [7, 11) is 0. The maximum absolute atomic E-state index is 13.2. The molecule has 4 rings (SSSR count). The average Bonchev–Trinajstić information content (AvgIpc) is 2.96.